The van der Waals surface area contributed by atoms with Crippen LogP contribution in [0.2, 0.25) is 10.0 Å². The molecule has 0 radical (unpaired) electrons. The lowest BCUT2D eigenvalue weighted by atomic mass is 10.2. The SMILES string of the molecule is Nc1cc(S(N)(=O)=O)ccc1Nc1c(Cl)cc(F)cc1Cl. The molecule has 0 saturated carbocycles. The van der Waals surface area contributed by atoms with Crippen LogP contribution in [-0.2, 0) is 10.0 Å². The number of hydrogen-bond acceptors (Lipinski definition) is 4. The summed E-state index contributed by atoms with van der Waals surface area (Å²) in [6, 6.07) is 6.06. The number of nitrogen functional groups attached to an aromatic ring is 1. The maximum atomic E-state index is 13.1. The fourth-order valence-corrected chi connectivity index (χ4v) is 2.73. The van der Waals surface area contributed by atoms with Gasteiger partial charge in [0.05, 0.1) is 32.0 Å². The highest BCUT2D eigenvalue weighted by Crippen LogP contribution is 2.35. The van der Waals surface area contributed by atoms with Crippen LogP contribution in [0.15, 0.2) is 35.2 Å². The minimum Gasteiger partial charge on any atom is -0.397 e. The molecule has 0 bridgehead atoms. The van der Waals surface area contributed by atoms with Gasteiger partial charge < -0.3 is 11.1 Å². The van der Waals surface area contributed by atoms with E-state index in [9.17, 15) is 12.8 Å². The minimum absolute atomic E-state index is 0.0647. The molecule has 0 unspecified atom stereocenters. The van der Waals surface area contributed by atoms with E-state index in [4.69, 9.17) is 34.1 Å². The van der Waals surface area contributed by atoms with Crippen molar-refractivity contribution in [1.82, 2.24) is 0 Å². The molecule has 0 heterocycles. The summed E-state index contributed by atoms with van der Waals surface area (Å²) in [5, 5.41) is 7.96. The lowest BCUT2D eigenvalue weighted by Gasteiger charge is -2.13. The highest BCUT2D eigenvalue weighted by molar-refractivity contribution is 7.89. The fourth-order valence-electron chi connectivity index (χ4n) is 1.63. The summed E-state index contributed by atoms with van der Waals surface area (Å²) >= 11 is 11.8. The Bertz CT molecular complexity index is 789. The third-order valence-electron chi connectivity index (χ3n) is 2.62. The van der Waals surface area contributed by atoms with E-state index in [2.05, 4.69) is 5.32 Å². The number of benzene rings is 2. The zero-order valence-electron chi connectivity index (χ0n) is 10.4. The van der Waals surface area contributed by atoms with Gasteiger partial charge in [-0.25, -0.2) is 17.9 Å². The van der Waals surface area contributed by atoms with Gasteiger partial charge in [-0.15, -0.1) is 0 Å². The fraction of sp³-hybridized carbons (Fsp3) is 0. The Morgan fingerprint density at radius 1 is 1.10 bits per heavy atom. The van der Waals surface area contributed by atoms with Gasteiger partial charge in [0.15, 0.2) is 0 Å². The molecule has 2 aromatic rings. The van der Waals surface area contributed by atoms with Crippen molar-refractivity contribution in [3.05, 3.63) is 46.2 Å². The van der Waals surface area contributed by atoms with Crippen LogP contribution in [0.1, 0.15) is 0 Å². The number of sulfonamides is 1. The zero-order valence-corrected chi connectivity index (χ0v) is 12.7. The van der Waals surface area contributed by atoms with Crippen LogP contribution in [0.3, 0.4) is 0 Å². The molecule has 0 aliphatic rings. The second-order valence-corrected chi connectivity index (χ2v) is 6.54. The number of anilines is 3. The maximum Gasteiger partial charge on any atom is 0.238 e. The third-order valence-corrected chi connectivity index (χ3v) is 4.13. The minimum atomic E-state index is -3.85. The summed E-state index contributed by atoms with van der Waals surface area (Å²) in [4.78, 5) is -0.123. The van der Waals surface area contributed by atoms with Crippen molar-refractivity contribution >= 4 is 50.3 Å². The van der Waals surface area contributed by atoms with E-state index in [-0.39, 0.29) is 26.3 Å². The van der Waals surface area contributed by atoms with Crippen molar-refractivity contribution in [2.75, 3.05) is 11.1 Å². The number of nitrogens with one attached hydrogen (secondary N) is 1. The monoisotopic (exact) mass is 349 g/mol. The van der Waals surface area contributed by atoms with Gasteiger partial charge in [-0.05, 0) is 30.3 Å². The lowest BCUT2D eigenvalue weighted by molar-refractivity contribution is 0.598. The first-order valence-electron chi connectivity index (χ1n) is 5.52. The summed E-state index contributed by atoms with van der Waals surface area (Å²) in [6.45, 7) is 0. The van der Waals surface area contributed by atoms with Gasteiger partial charge in [-0.2, -0.15) is 0 Å². The summed E-state index contributed by atoms with van der Waals surface area (Å²) in [5.74, 6) is -0.576. The molecule has 0 atom stereocenters. The smallest absolute Gasteiger partial charge is 0.238 e. The molecule has 0 aromatic heterocycles. The Morgan fingerprint density at radius 2 is 1.67 bits per heavy atom. The number of nitrogens with two attached hydrogens (primary N) is 2. The summed E-state index contributed by atoms with van der Waals surface area (Å²) < 4.78 is 35.5. The normalized spacial score (nSPS) is 11.4. The Labute approximate surface area is 130 Å². The van der Waals surface area contributed by atoms with Crippen molar-refractivity contribution in [2.24, 2.45) is 5.14 Å². The van der Waals surface area contributed by atoms with Crippen molar-refractivity contribution in [2.45, 2.75) is 4.90 Å². The van der Waals surface area contributed by atoms with E-state index in [0.717, 1.165) is 12.1 Å². The van der Waals surface area contributed by atoms with E-state index in [1.54, 1.807) is 0 Å². The standard InChI is InChI=1S/C12H10Cl2FN3O2S/c13-8-3-6(15)4-9(14)12(8)18-11-2-1-7(5-10(11)16)21(17,19)20/h1-5,18H,16H2,(H2,17,19,20). The first kappa shape index (κ1) is 15.8. The second kappa shape index (κ2) is 5.69. The molecule has 0 fully saturated rings. The van der Waals surface area contributed by atoms with Gasteiger partial charge in [0.25, 0.3) is 0 Å². The molecule has 2 rings (SSSR count). The predicted molar refractivity (Wildman–Crippen MR) is 81.9 cm³/mol. The third kappa shape index (κ3) is 3.56. The molecule has 9 heteroatoms. The average molecular weight is 350 g/mol. The highest BCUT2D eigenvalue weighted by Gasteiger charge is 2.13. The highest BCUT2D eigenvalue weighted by atomic mass is 35.5. The van der Waals surface area contributed by atoms with Gasteiger partial charge in [0.2, 0.25) is 10.0 Å². The molecule has 0 aliphatic heterocycles. The Kier molecular flexibility index (Phi) is 4.29. The van der Waals surface area contributed by atoms with Crippen LogP contribution in [-0.4, -0.2) is 8.42 Å². The molecule has 112 valence electrons. The van der Waals surface area contributed by atoms with Crippen LogP contribution >= 0.6 is 23.2 Å². The first-order chi connectivity index (χ1) is 9.68. The average Bonchev–Trinajstić information content (AvgIpc) is 2.33. The quantitative estimate of drug-likeness (QED) is 0.741. The molecule has 0 spiro atoms. The molecular formula is C12H10Cl2FN3O2S. The molecule has 2 aromatic carbocycles. The van der Waals surface area contributed by atoms with Crippen LogP contribution < -0.4 is 16.2 Å². The number of rotatable bonds is 3. The van der Waals surface area contributed by atoms with E-state index in [1.807, 2.05) is 0 Å². The van der Waals surface area contributed by atoms with Gasteiger partial charge >= 0.3 is 0 Å². The van der Waals surface area contributed by atoms with Gasteiger partial charge in [-0.1, -0.05) is 23.2 Å². The summed E-state index contributed by atoms with van der Waals surface area (Å²) in [5.41, 5.74) is 6.49. The van der Waals surface area contributed by atoms with Crippen LogP contribution in [0, 0.1) is 5.82 Å². The van der Waals surface area contributed by atoms with Crippen molar-refractivity contribution in [3.63, 3.8) is 0 Å². The molecule has 0 saturated heterocycles. The zero-order chi connectivity index (χ0) is 15.8. The van der Waals surface area contributed by atoms with Crippen molar-refractivity contribution in [1.29, 1.82) is 0 Å². The largest absolute Gasteiger partial charge is 0.397 e. The molecule has 21 heavy (non-hydrogen) atoms. The Balaban J connectivity index is 2.42. The Hall–Kier alpha value is -1.54. The van der Waals surface area contributed by atoms with E-state index < -0.39 is 15.8 Å². The number of halogens is 3. The van der Waals surface area contributed by atoms with Crippen molar-refractivity contribution < 1.29 is 12.8 Å². The van der Waals surface area contributed by atoms with E-state index >= 15 is 0 Å². The molecule has 5 nitrogen and oxygen atoms in total. The summed E-state index contributed by atoms with van der Waals surface area (Å²) in [7, 11) is -3.85. The van der Waals surface area contributed by atoms with Gasteiger partial charge in [0, 0.05) is 0 Å². The van der Waals surface area contributed by atoms with Crippen LogP contribution in [0.5, 0.6) is 0 Å². The predicted octanol–water partition coefficient (Wildman–Crippen LogP) is 3.11. The topological polar surface area (TPSA) is 98.2 Å². The van der Waals surface area contributed by atoms with Crippen LogP contribution in [0.25, 0.3) is 0 Å². The van der Waals surface area contributed by atoms with Gasteiger partial charge in [-0.3, -0.25) is 0 Å². The van der Waals surface area contributed by atoms with E-state index in [1.165, 1.54) is 18.2 Å². The molecular weight excluding hydrogens is 340 g/mol. The number of primary sulfonamides is 1. The Morgan fingerprint density at radius 3 is 2.14 bits per heavy atom. The molecule has 0 aliphatic carbocycles. The van der Waals surface area contributed by atoms with Crippen LogP contribution in [0.4, 0.5) is 21.5 Å². The summed E-state index contributed by atoms with van der Waals surface area (Å²) in [6.07, 6.45) is 0. The van der Waals surface area contributed by atoms with Gasteiger partial charge in [0.1, 0.15) is 5.82 Å². The second-order valence-electron chi connectivity index (χ2n) is 4.16. The maximum absolute atomic E-state index is 13.1. The molecule has 5 N–H and O–H groups in total. The molecule has 0 amide bonds. The number of hydrogen-bond donors (Lipinski definition) is 3. The lowest BCUT2D eigenvalue weighted by Crippen LogP contribution is -2.12. The van der Waals surface area contributed by atoms with E-state index in [0.29, 0.717) is 5.69 Å². The first-order valence-corrected chi connectivity index (χ1v) is 7.82. The van der Waals surface area contributed by atoms with Crippen molar-refractivity contribution in [3.8, 4) is 0 Å².